The maximum atomic E-state index is 12.4. The molecule has 0 radical (unpaired) electrons. The fraction of sp³-hybridized carbons (Fsp3) is 0.133. The normalized spacial score (nSPS) is 11.7. The number of hydrogen-bond acceptors (Lipinski definition) is 4. The van der Waals surface area contributed by atoms with E-state index in [-0.39, 0.29) is 9.09 Å². The summed E-state index contributed by atoms with van der Waals surface area (Å²) in [4.78, 5) is 10.9. The van der Waals surface area contributed by atoms with Gasteiger partial charge in [0.2, 0.25) is 0 Å². The van der Waals surface area contributed by atoms with Gasteiger partial charge in [-0.2, -0.15) is 0 Å². The molecule has 0 unspecified atom stereocenters. The second kappa shape index (κ2) is 5.71. The van der Waals surface area contributed by atoms with Crippen LogP contribution in [0.15, 0.2) is 46.8 Å². The van der Waals surface area contributed by atoms with Crippen LogP contribution in [0.25, 0.3) is 10.9 Å². The van der Waals surface area contributed by atoms with E-state index in [1.807, 2.05) is 29.8 Å². The Morgan fingerprint density at radius 2 is 2.04 bits per heavy atom. The highest BCUT2D eigenvalue weighted by Gasteiger charge is 2.19. The first-order chi connectivity index (χ1) is 10.9. The number of carbonyl (C=O) groups is 1. The topological polar surface area (TPSA) is 88.4 Å². The summed E-state index contributed by atoms with van der Waals surface area (Å²) >= 11 is 0.725. The first-order valence-electron chi connectivity index (χ1n) is 6.85. The Hall–Kier alpha value is -2.32. The van der Waals surface area contributed by atoms with Crippen LogP contribution in [0.4, 0.5) is 5.69 Å². The molecule has 0 spiro atoms. The van der Waals surface area contributed by atoms with Gasteiger partial charge in [0.25, 0.3) is 10.0 Å². The number of sulfonamides is 1. The van der Waals surface area contributed by atoms with Gasteiger partial charge in [-0.3, -0.25) is 4.72 Å². The zero-order valence-corrected chi connectivity index (χ0v) is 13.8. The molecular weight excluding hydrogens is 336 g/mol. The van der Waals surface area contributed by atoms with Crippen LogP contribution < -0.4 is 4.72 Å². The van der Waals surface area contributed by atoms with Gasteiger partial charge in [0, 0.05) is 12.7 Å². The van der Waals surface area contributed by atoms with Gasteiger partial charge in [0.05, 0.1) is 11.2 Å². The maximum Gasteiger partial charge on any atom is 0.345 e. The number of thiophene rings is 1. The van der Waals surface area contributed by atoms with Crippen LogP contribution in [0, 0.1) is 0 Å². The van der Waals surface area contributed by atoms with E-state index in [0.29, 0.717) is 5.69 Å². The predicted octanol–water partition coefficient (Wildman–Crippen LogP) is 3.22. The van der Waals surface area contributed by atoms with Crippen molar-refractivity contribution in [3.63, 3.8) is 0 Å². The summed E-state index contributed by atoms with van der Waals surface area (Å²) in [6.45, 7) is 2.79. The lowest BCUT2D eigenvalue weighted by Crippen LogP contribution is -2.11. The zero-order valence-electron chi connectivity index (χ0n) is 12.2. The average Bonchev–Trinajstić information content (AvgIpc) is 3.13. The van der Waals surface area contributed by atoms with Crippen molar-refractivity contribution in [2.75, 3.05) is 4.72 Å². The lowest BCUT2D eigenvalue weighted by Gasteiger charge is -2.08. The molecule has 3 aromatic rings. The molecule has 2 N–H and O–H groups in total. The van der Waals surface area contributed by atoms with Crippen molar-refractivity contribution in [1.82, 2.24) is 4.57 Å². The number of rotatable bonds is 5. The fourth-order valence-corrected chi connectivity index (χ4v) is 4.50. The Balaban J connectivity index is 1.94. The maximum absolute atomic E-state index is 12.4. The summed E-state index contributed by atoms with van der Waals surface area (Å²) in [5.74, 6) is -1.14. The molecule has 2 heterocycles. The number of aromatic nitrogens is 1. The molecule has 0 aliphatic carbocycles. The zero-order chi connectivity index (χ0) is 16.6. The Bertz CT molecular complexity index is 986. The second-order valence-corrected chi connectivity index (χ2v) is 7.90. The van der Waals surface area contributed by atoms with Gasteiger partial charge in [-0.05, 0) is 42.6 Å². The number of carboxylic acid groups (broad SMARTS) is 1. The van der Waals surface area contributed by atoms with Gasteiger partial charge < -0.3 is 9.67 Å². The van der Waals surface area contributed by atoms with E-state index in [9.17, 15) is 13.2 Å². The van der Waals surface area contributed by atoms with Crippen molar-refractivity contribution < 1.29 is 18.3 Å². The van der Waals surface area contributed by atoms with Crippen molar-refractivity contribution in [3.05, 3.63) is 47.5 Å². The van der Waals surface area contributed by atoms with Crippen molar-refractivity contribution in [2.24, 2.45) is 0 Å². The van der Waals surface area contributed by atoms with E-state index in [2.05, 4.69) is 4.72 Å². The molecule has 6 nitrogen and oxygen atoms in total. The van der Waals surface area contributed by atoms with E-state index in [1.54, 1.807) is 12.1 Å². The molecule has 0 saturated carbocycles. The van der Waals surface area contributed by atoms with E-state index in [1.165, 1.54) is 12.1 Å². The van der Waals surface area contributed by atoms with Gasteiger partial charge in [0.1, 0.15) is 9.09 Å². The molecule has 0 aliphatic rings. The van der Waals surface area contributed by atoms with E-state index in [0.717, 1.165) is 28.8 Å². The van der Waals surface area contributed by atoms with Crippen LogP contribution in [0.1, 0.15) is 16.6 Å². The van der Waals surface area contributed by atoms with Crippen LogP contribution in [-0.2, 0) is 16.6 Å². The van der Waals surface area contributed by atoms with Crippen molar-refractivity contribution >= 4 is 43.9 Å². The third kappa shape index (κ3) is 2.95. The Morgan fingerprint density at radius 1 is 1.26 bits per heavy atom. The number of nitrogens with one attached hydrogen (secondary N) is 1. The molecule has 23 heavy (non-hydrogen) atoms. The molecule has 3 rings (SSSR count). The van der Waals surface area contributed by atoms with Gasteiger partial charge in [-0.1, -0.05) is 6.07 Å². The van der Waals surface area contributed by atoms with E-state index < -0.39 is 16.0 Å². The summed E-state index contributed by atoms with van der Waals surface area (Å²) < 4.78 is 29.2. The molecule has 0 aliphatic heterocycles. The minimum atomic E-state index is -3.80. The summed E-state index contributed by atoms with van der Waals surface area (Å²) in [5.41, 5.74) is 1.38. The van der Waals surface area contributed by atoms with Crippen molar-refractivity contribution in [3.8, 4) is 0 Å². The van der Waals surface area contributed by atoms with Gasteiger partial charge >= 0.3 is 5.97 Å². The van der Waals surface area contributed by atoms with Gasteiger partial charge in [-0.15, -0.1) is 11.3 Å². The molecule has 0 amide bonds. The lowest BCUT2D eigenvalue weighted by molar-refractivity contribution is 0.0702. The number of aryl methyl sites for hydroxylation is 1. The largest absolute Gasteiger partial charge is 0.477 e. The number of nitrogens with zero attached hydrogens (tertiary/aromatic N) is 1. The molecule has 2 aromatic heterocycles. The summed E-state index contributed by atoms with van der Waals surface area (Å²) in [6.07, 6.45) is 1.95. The molecule has 0 fully saturated rings. The number of benzene rings is 1. The van der Waals surface area contributed by atoms with Crippen LogP contribution in [0.3, 0.4) is 0 Å². The third-order valence-corrected chi connectivity index (χ3v) is 6.37. The van der Waals surface area contributed by atoms with Crippen LogP contribution >= 0.6 is 11.3 Å². The minimum Gasteiger partial charge on any atom is -0.477 e. The molecular formula is C15H14N2O4S2. The Labute approximate surface area is 137 Å². The Morgan fingerprint density at radius 3 is 2.70 bits per heavy atom. The average molecular weight is 350 g/mol. The first kappa shape index (κ1) is 15.6. The molecule has 120 valence electrons. The summed E-state index contributed by atoms with van der Waals surface area (Å²) in [7, 11) is -3.80. The quantitative estimate of drug-likeness (QED) is 0.739. The third-order valence-electron chi connectivity index (χ3n) is 3.42. The SMILES string of the molecule is CCn1ccc2ccc(NS(=O)(=O)c3ccc(C(=O)O)s3)cc21. The number of fused-ring (bicyclic) bond motifs is 1. The number of carboxylic acids is 1. The number of anilines is 1. The van der Waals surface area contributed by atoms with E-state index in [4.69, 9.17) is 5.11 Å². The molecule has 8 heteroatoms. The highest BCUT2D eigenvalue weighted by molar-refractivity contribution is 7.94. The highest BCUT2D eigenvalue weighted by atomic mass is 32.2. The number of hydrogen-bond donors (Lipinski definition) is 2. The van der Waals surface area contributed by atoms with E-state index >= 15 is 0 Å². The highest BCUT2D eigenvalue weighted by Crippen LogP contribution is 2.26. The molecule has 1 aromatic carbocycles. The number of aromatic carboxylic acids is 1. The van der Waals surface area contributed by atoms with Crippen LogP contribution in [-0.4, -0.2) is 24.1 Å². The summed E-state index contributed by atoms with van der Waals surface area (Å²) in [6, 6.07) is 9.84. The van der Waals surface area contributed by atoms with Gasteiger partial charge in [-0.25, -0.2) is 13.2 Å². The standard InChI is InChI=1S/C15H14N2O4S2/c1-2-17-8-7-10-3-4-11(9-12(10)17)16-23(20,21)14-6-5-13(22-14)15(18)19/h3-9,16H,2H2,1H3,(H,18,19). The summed E-state index contributed by atoms with van der Waals surface area (Å²) in [5, 5.41) is 9.93. The monoisotopic (exact) mass is 350 g/mol. The van der Waals surface area contributed by atoms with Crippen LogP contribution in [0.5, 0.6) is 0 Å². The first-order valence-corrected chi connectivity index (χ1v) is 9.15. The molecule has 0 bridgehead atoms. The lowest BCUT2D eigenvalue weighted by atomic mass is 10.2. The van der Waals surface area contributed by atoms with Crippen molar-refractivity contribution in [1.29, 1.82) is 0 Å². The van der Waals surface area contributed by atoms with Gasteiger partial charge in [0.15, 0.2) is 0 Å². The van der Waals surface area contributed by atoms with Crippen molar-refractivity contribution in [2.45, 2.75) is 17.7 Å². The van der Waals surface area contributed by atoms with Crippen LogP contribution in [0.2, 0.25) is 0 Å². The smallest absolute Gasteiger partial charge is 0.345 e. The predicted molar refractivity (Wildman–Crippen MR) is 89.7 cm³/mol. The molecule has 0 saturated heterocycles. The minimum absolute atomic E-state index is 0.0133. The fourth-order valence-electron chi connectivity index (χ4n) is 2.31. The molecule has 0 atom stereocenters. The second-order valence-electron chi connectivity index (χ2n) is 4.90. The Kier molecular flexibility index (Phi) is 3.87.